The maximum atomic E-state index is 10.8. The zero-order valence-electron chi connectivity index (χ0n) is 8.08. The van der Waals surface area contributed by atoms with Crippen LogP contribution in [0, 0.1) is 6.92 Å². The minimum absolute atomic E-state index is 0.396. The highest BCUT2D eigenvalue weighted by Gasteiger charge is 2.19. The number of aryl methyl sites for hydroxylation is 1. The first-order valence-electron chi connectivity index (χ1n) is 4.75. The summed E-state index contributed by atoms with van der Waals surface area (Å²) in [5.74, 6) is -0.851. The van der Waals surface area contributed by atoms with E-state index < -0.39 is 5.97 Å². The van der Waals surface area contributed by atoms with Crippen LogP contribution in [0.2, 0.25) is 0 Å². The summed E-state index contributed by atoms with van der Waals surface area (Å²) >= 11 is 0. The Labute approximate surface area is 82.8 Å². The van der Waals surface area contributed by atoms with Crippen molar-refractivity contribution < 1.29 is 9.90 Å². The van der Waals surface area contributed by atoms with E-state index in [0.29, 0.717) is 11.6 Å². The second-order valence-electron chi connectivity index (χ2n) is 3.67. The highest BCUT2D eigenvalue weighted by Crippen LogP contribution is 2.24. The van der Waals surface area contributed by atoms with Gasteiger partial charge < -0.3 is 10.4 Å². The van der Waals surface area contributed by atoms with Crippen LogP contribution in [0.15, 0.2) is 18.2 Å². The van der Waals surface area contributed by atoms with Crippen molar-refractivity contribution in [2.24, 2.45) is 0 Å². The average molecular weight is 191 g/mol. The van der Waals surface area contributed by atoms with Gasteiger partial charge in [0.25, 0.3) is 0 Å². The van der Waals surface area contributed by atoms with Gasteiger partial charge in [-0.2, -0.15) is 0 Å². The Morgan fingerprint density at radius 1 is 1.57 bits per heavy atom. The normalized spacial score (nSPS) is 20.2. The van der Waals surface area contributed by atoms with Gasteiger partial charge in [0, 0.05) is 6.04 Å². The van der Waals surface area contributed by atoms with Crippen molar-refractivity contribution in [1.29, 1.82) is 0 Å². The average Bonchev–Trinajstić information content (AvgIpc) is 2.00. The first kappa shape index (κ1) is 9.21. The largest absolute Gasteiger partial charge is 0.478 e. The van der Waals surface area contributed by atoms with Crippen molar-refractivity contribution in [2.45, 2.75) is 19.4 Å². The van der Waals surface area contributed by atoms with E-state index in [1.807, 2.05) is 19.1 Å². The molecule has 0 bridgehead atoms. The van der Waals surface area contributed by atoms with Crippen LogP contribution in [0.5, 0.6) is 0 Å². The summed E-state index contributed by atoms with van der Waals surface area (Å²) in [6.07, 6.45) is 1.14. The lowest BCUT2D eigenvalue weighted by molar-refractivity contribution is 0.0696. The lowest BCUT2D eigenvalue weighted by Crippen LogP contribution is -2.34. The molecule has 0 saturated carbocycles. The third kappa shape index (κ3) is 1.51. The van der Waals surface area contributed by atoms with E-state index in [4.69, 9.17) is 5.11 Å². The van der Waals surface area contributed by atoms with E-state index in [1.54, 1.807) is 6.07 Å². The van der Waals surface area contributed by atoms with Gasteiger partial charge in [-0.1, -0.05) is 12.1 Å². The Hall–Kier alpha value is -1.35. The van der Waals surface area contributed by atoms with Crippen LogP contribution < -0.4 is 5.32 Å². The Balaban J connectivity index is 2.30. The number of hydrogen-bond donors (Lipinski definition) is 2. The van der Waals surface area contributed by atoms with Gasteiger partial charge in [0.2, 0.25) is 0 Å². The summed E-state index contributed by atoms with van der Waals surface area (Å²) in [5, 5.41) is 12.1. The fraction of sp³-hybridized carbons (Fsp3) is 0.364. The summed E-state index contributed by atoms with van der Waals surface area (Å²) in [4.78, 5) is 10.8. The number of aromatic carboxylic acids is 1. The molecule has 1 aliphatic heterocycles. The Morgan fingerprint density at radius 3 is 2.71 bits per heavy atom. The molecule has 74 valence electrons. The molecule has 1 fully saturated rings. The Bertz CT molecular complexity index is 370. The molecule has 14 heavy (non-hydrogen) atoms. The van der Waals surface area contributed by atoms with Crippen molar-refractivity contribution >= 4 is 5.97 Å². The van der Waals surface area contributed by atoms with Crippen LogP contribution in [-0.2, 0) is 0 Å². The molecule has 3 heteroatoms. The second kappa shape index (κ2) is 3.42. The van der Waals surface area contributed by atoms with Crippen LogP contribution in [0.3, 0.4) is 0 Å². The molecular weight excluding hydrogens is 178 g/mol. The molecule has 2 rings (SSSR count). The van der Waals surface area contributed by atoms with Crippen molar-refractivity contribution in [2.75, 3.05) is 6.54 Å². The van der Waals surface area contributed by atoms with Gasteiger partial charge in [-0.05, 0) is 37.1 Å². The van der Waals surface area contributed by atoms with Crippen molar-refractivity contribution in [3.63, 3.8) is 0 Å². The highest BCUT2D eigenvalue weighted by molar-refractivity contribution is 5.89. The summed E-state index contributed by atoms with van der Waals surface area (Å²) in [6, 6.07) is 5.97. The number of carboxylic acid groups (broad SMARTS) is 1. The number of rotatable bonds is 2. The summed E-state index contributed by atoms with van der Waals surface area (Å²) in [5.41, 5.74) is 2.43. The number of benzene rings is 1. The van der Waals surface area contributed by atoms with Crippen molar-refractivity contribution in [1.82, 2.24) is 5.32 Å². The van der Waals surface area contributed by atoms with Gasteiger partial charge in [-0.3, -0.25) is 0 Å². The first-order chi connectivity index (χ1) is 6.68. The van der Waals surface area contributed by atoms with Crippen LogP contribution in [-0.4, -0.2) is 17.6 Å². The smallest absolute Gasteiger partial charge is 0.335 e. The molecule has 1 saturated heterocycles. The number of nitrogens with one attached hydrogen (secondary N) is 1. The first-order valence-corrected chi connectivity index (χ1v) is 4.75. The highest BCUT2D eigenvalue weighted by atomic mass is 16.4. The quantitative estimate of drug-likeness (QED) is 0.748. The molecule has 0 radical (unpaired) electrons. The summed E-state index contributed by atoms with van der Waals surface area (Å²) in [6.45, 7) is 2.90. The van der Waals surface area contributed by atoms with E-state index in [0.717, 1.165) is 18.5 Å². The molecule has 3 nitrogen and oxygen atoms in total. The Morgan fingerprint density at radius 2 is 2.29 bits per heavy atom. The van der Waals surface area contributed by atoms with Gasteiger partial charge in [0.1, 0.15) is 0 Å². The number of hydrogen-bond acceptors (Lipinski definition) is 2. The van der Waals surface area contributed by atoms with Crippen LogP contribution >= 0.6 is 0 Å². The van der Waals surface area contributed by atoms with E-state index in [2.05, 4.69) is 5.32 Å². The second-order valence-corrected chi connectivity index (χ2v) is 3.67. The molecule has 0 aliphatic carbocycles. The van der Waals surface area contributed by atoms with Crippen LogP contribution in [0.25, 0.3) is 0 Å². The topological polar surface area (TPSA) is 49.3 Å². The molecule has 0 amide bonds. The monoisotopic (exact) mass is 191 g/mol. The summed E-state index contributed by atoms with van der Waals surface area (Å²) in [7, 11) is 0. The predicted molar refractivity (Wildman–Crippen MR) is 53.5 cm³/mol. The van der Waals surface area contributed by atoms with Gasteiger partial charge in [-0.25, -0.2) is 4.79 Å². The molecule has 1 aliphatic rings. The lowest BCUT2D eigenvalue weighted by atomic mass is 9.95. The molecule has 1 aromatic carbocycles. The van der Waals surface area contributed by atoms with Crippen molar-refractivity contribution in [3.8, 4) is 0 Å². The van der Waals surface area contributed by atoms with E-state index in [-0.39, 0.29) is 0 Å². The predicted octanol–water partition coefficient (Wildman–Crippen LogP) is 1.73. The molecule has 2 N–H and O–H groups in total. The fourth-order valence-corrected chi connectivity index (χ4v) is 1.72. The van der Waals surface area contributed by atoms with Gasteiger partial charge in [0.15, 0.2) is 0 Å². The number of carbonyl (C=O) groups is 1. The zero-order valence-corrected chi connectivity index (χ0v) is 8.08. The maximum absolute atomic E-state index is 10.8. The Kier molecular flexibility index (Phi) is 2.25. The van der Waals surface area contributed by atoms with Gasteiger partial charge >= 0.3 is 5.97 Å². The number of carboxylic acids is 1. The van der Waals surface area contributed by atoms with E-state index in [9.17, 15) is 4.79 Å². The molecule has 1 aromatic rings. The SMILES string of the molecule is Cc1cc([C@@H]2CCN2)ccc1C(=O)O. The molecule has 1 atom stereocenters. The zero-order chi connectivity index (χ0) is 10.1. The molecule has 1 heterocycles. The minimum atomic E-state index is -0.851. The van der Waals surface area contributed by atoms with E-state index >= 15 is 0 Å². The molecule has 0 unspecified atom stereocenters. The maximum Gasteiger partial charge on any atom is 0.335 e. The van der Waals surface area contributed by atoms with Gasteiger partial charge in [0.05, 0.1) is 5.56 Å². The van der Waals surface area contributed by atoms with Crippen LogP contribution in [0.4, 0.5) is 0 Å². The standard InChI is InChI=1S/C11H13NO2/c1-7-6-8(10-4-5-12-10)2-3-9(7)11(13)14/h2-3,6,10,12H,4-5H2,1H3,(H,13,14)/t10-/m0/s1. The van der Waals surface area contributed by atoms with Crippen LogP contribution in [0.1, 0.15) is 33.9 Å². The molecule has 0 aromatic heterocycles. The fourth-order valence-electron chi connectivity index (χ4n) is 1.72. The third-order valence-corrected chi connectivity index (χ3v) is 2.71. The minimum Gasteiger partial charge on any atom is -0.478 e. The molecular formula is C11H13NO2. The lowest BCUT2D eigenvalue weighted by Gasteiger charge is -2.28. The third-order valence-electron chi connectivity index (χ3n) is 2.71. The van der Waals surface area contributed by atoms with Crippen molar-refractivity contribution in [3.05, 3.63) is 34.9 Å². The summed E-state index contributed by atoms with van der Waals surface area (Å²) < 4.78 is 0. The van der Waals surface area contributed by atoms with E-state index in [1.165, 1.54) is 5.56 Å². The van der Waals surface area contributed by atoms with Gasteiger partial charge in [-0.15, -0.1) is 0 Å². The molecule has 0 spiro atoms.